The molecule has 8 nitrogen and oxygen atoms in total. The van der Waals surface area contributed by atoms with Gasteiger partial charge in [-0.05, 0) is 63.9 Å². The van der Waals surface area contributed by atoms with Crippen molar-refractivity contribution in [2.24, 2.45) is 0 Å². The summed E-state index contributed by atoms with van der Waals surface area (Å²) >= 11 is 0. The van der Waals surface area contributed by atoms with Gasteiger partial charge in [0.05, 0.1) is 34.0 Å². The van der Waals surface area contributed by atoms with Gasteiger partial charge in [-0.15, -0.1) is 0 Å². The molecule has 0 saturated heterocycles. The van der Waals surface area contributed by atoms with E-state index >= 15 is 0 Å². The third kappa shape index (κ3) is 42.8. The number of ether oxygens (including phenoxy) is 2. The first-order valence-corrected chi connectivity index (χ1v) is 23.2. The molecule has 0 aliphatic carbocycles. The Hall–Kier alpha value is -2.22. The molecular formula is C46H83NO7P+. The normalized spacial score (nSPS) is 14.4. The first kappa shape index (κ1) is 52.8. The maximum atomic E-state index is 12.6. The molecule has 0 bridgehead atoms. The molecule has 0 spiro atoms. The predicted molar refractivity (Wildman–Crippen MR) is 233 cm³/mol. The molecule has 0 fully saturated rings. The van der Waals surface area contributed by atoms with Crippen LogP contribution >= 0.6 is 7.82 Å². The van der Waals surface area contributed by atoms with Gasteiger partial charge in [0.15, 0.2) is 6.10 Å². The first-order valence-electron chi connectivity index (χ1n) is 21.7. The molecule has 9 heteroatoms. The zero-order chi connectivity index (χ0) is 40.6. The topological polar surface area (TPSA) is 91.3 Å². The summed E-state index contributed by atoms with van der Waals surface area (Å²) in [5, 5.41) is 0. The molecule has 55 heavy (non-hydrogen) atoms. The van der Waals surface area contributed by atoms with Crippen LogP contribution in [0.3, 0.4) is 0 Å². The van der Waals surface area contributed by atoms with Gasteiger partial charge in [0, 0.05) is 6.42 Å². The Kier molecular flexibility index (Phi) is 37.1. The van der Waals surface area contributed by atoms with Crippen LogP contribution in [0.25, 0.3) is 0 Å². The van der Waals surface area contributed by atoms with Crippen LogP contribution in [-0.2, 0) is 27.9 Å². The number of unbranched alkanes of at least 4 members (excludes halogenated alkanes) is 15. The fourth-order valence-electron chi connectivity index (χ4n) is 5.44. The largest absolute Gasteiger partial charge is 0.498 e. The van der Waals surface area contributed by atoms with E-state index in [2.05, 4.69) is 62.5 Å². The average Bonchev–Trinajstić information content (AvgIpc) is 3.13. The van der Waals surface area contributed by atoms with E-state index in [9.17, 15) is 14.3 Å². The molecule has 0 aliphatic heterocycles. The summed E-state index contributed by atoms with van der Waals surface area (Å²) < 4.78 is 34.6. The minimum absolute atomic E-state index is 0.0153. The summed E-state index contributed by atoms with van der Waals surface area (Å²) in [6.45, 7) is 4.80. The fourth-order valence-corrected chi connectivity index (χ4v) is 6.18. The monoisotopic (exact) mass is 793 g/mol. The first-order chi connectivity index (χ1) is 26.6. The molecule has 0 saturated carbocycles. The Morgan fingerprint density at radius 2 is 1.02 bits per heavy atom. The van der Waals surface area contributed by atoms with Gasteiger partial charge in [-0.2, -0.15) is 0 Å². The number of allylic oxidation sites excluding steroid dienone is 11. The van der Waals surface area contributed by atoms with Crippen molar-refractivity contribution in [1.82, 2.24) is 0 Å². The molecule has 0 rings (SSSR count). The van der Waals surface area contributed by atoms with E-state index < -0.39 is 19.9 Å². The van der Waals surface area contributed by atoms with Gasteiger partial charge in [-0.3, -0.25) is 13.8 Å². The van der Waals surface area contributed by atoms with Crippen LogP contribution in [0, 0.1) is 0 Å². The maximum absolute atomic E-state index is 12.6. The lowest BCUT2D eigenvalue weighted by Crippen LogP contribution is -2.37. The van der Waals surface area contributed by atoms with E-state index in [0.29, 0.717) is 17.4 Å². The number of rotatable bonds is 39. The van der Waals surface area contributed by atoms with Crippen molar-refractivity contribution in [2.75, 3.05) is 47.5 Å². The van der Waals surface area contributed by atoms with Crippen molar-refractivity contribution >= 4 is 13.8 Å². The van der Waals surface area contributed by atoms with Crippen LogP contribution < -0.4 is 0 Å². The van der Waals surface area contributed by atoms with Crippen LogP contribution in [0.1, 0.15) is 162 Å². The van der Waals surface area contributed by atoms with Crippen LogP contribution in [0.2, 0.25) is 0 Å². The SMILES string of the molecule is CCCCC/C=C/C/C=C/C/C=C/C/C=C/C/C=C/CCC(=O)O[C@H](CO/C=C/CCCCCCCCCCCCCC)COP(=O)(O)OCC[N+](C)(C)C. The van der Waals surface area contributed by atoms with Crippen molar-refractivity contribution in [2.45, 2.75) is 168 Å². The number of hydrogen-bond donors (Lipinski definition) is 1. The van der Waals surface area contributed by atoms with Gasteiger partial charge in [0.1, 0.15) is 19.8 Å². The number of carbonyl (C=O) groups excluding carboxylic acids is 1. The second kappa shape index (κ2) is 38.6. The van der Waals surface area contributed by atoms with Crippen LogP contribution in [0.5, 0.6) is 0 Å². The number of likely N-dealkylation sites (N-methyl/N-ethyl adjacent to an activating group) is 1. The molecule has 0 amide bonds. The molecule has 0 aliphatic rings. The van der Waals surface area contributed by atoms with Crippen LogP contribution in [0.15, 0.2) is 73.1 Å². The summed E-state index contributed by atoms with van der Waals surface area (Å²) in [5.74, 6) is -0.418. The van der Waals surface area contributed by atoms with E-state index in [1.807, 2.05) is 39.4 Å². The highest BCUT2D eigenvalue weighted by Crippen LogP contribution is 2.43. The zero-order valence-corrected chi connectivity index (χ0v) is 36.8. The lowest BCUT2D eigenvalue weighted by molar-refractivity contribution is -0.870. The molecule has 0 aromatic carbocycles. The van der Waals surface area contributed by atoms with Crippen LogP contribution in [-0.4, -0.2) is 69.0 Å². The van der Waals surface area contributed by atoms with E-state index in [-0.39, 0.29) is 26.2 Å². The van der Waals surface area contributed by atoms with Gasteiger partial charge in [-0.25, -0.2) is 4.57 Å². The zero-order valence-electron chi connectivity index (χ0n) is 35.9. The van der Waals surface area contributed by atoms with Crippen molar-refractivity contribution < 1.29 is 37.3 Å². The van der Waals surface area contributed by atoms with Crippen molar-refractivity contribution in [3.63, 3.8) is 0 Å². The number of nitrogens with zero attached hydrogens (tertiary/aromatic N) is 1. The van der Waals surface area contributed by atoms with Gasteiger partial charge in [-0.1, -0.05) is 158 Å². The third-order valence-corrected chi connectivity index (χ3v) is 9.83. The Morgan fingerprint density at radius 1 is 0.582 bits per heavy atom. The number of esters is 1. The second-order valence-electron chi connectivity index (χ2n) is 15.4. The van der Waals surface area contributed by atoms with E-state index in [0.717, 1.165) is 38.5 Å². The summed E-state index contributed by atoms with van der Waals surface area (Å²) in [6, 6.07) is 0. The number of quaternary nitrogens is 1. The molecule has 318 valence electrons. The Balaban J connectivity index is 4.45. The maximum Gasteiger partial charge on any atom is 0.472 e. The molecule has 0 aromatic heterocycles. The van der Waals surface area contributed by atoms with Crippen LogP contribution in [0.4, 0.5) is 0 Å². The van der Waals surface area contributed by atoms with Crippen molar-refractivity contribution in [3.8, 4) is 0 Å². The smallest absolute Gasteiger partial charge is 0.472 e. The highest BCUT2D eigenvalue weighted by molar-refractivity contribution is 7.47. The molecule has 1 N–H and O–H groups in total. The number of phosphoric acid groups is 1. The van der Waals surface area contributed by atoms with E-state index in [1.165, 1.54) is 96.3 Å². The highest BCUT2D eigenvalue weighted by atomic mass is 31.2. The average molecular weight is 793 g/mol. The molecule has 0 heterocycles. The van der Waals surface area contributed by atoms with Gasteiger partial charge in [0.25, 0.3) is 0 Å². The van der Waals surface area contributed by atoms with Crippen molar-refractivity contribution in [1.29, 1.82) is 0 Å². The molecule has 2 atom stereocenters. The summed E-state index contributed by atoms with van der Waals surface area (Å²) in [6.07, 6.45) is 50.4. The quantitative estimate of drug-likeness (QED) is 0.0165. The lowest BCUT2D eigenvalue weighted by atomic mass is 10.0. The Morgan fingerprint density at radius 3 is 1.55 bits per heavy atom. The standard InChI is InChI=1S/C46H82NO7P/c1-6-8-10-12-14-16-18-20-22-23-24-25-26-27-29-31-33-35-37-39-46(48)54-45(44-53-55(49,50)52-42-40-47(3,4)5)43-51-41-38-36-34-32-30-28-21-19-17-15-13-11-9-7-2/h14,16,20,22,24-25,27,29,33,35,38,41,45H,6-13,15,17-19,21,23,26,28,30-32,34,36-37,39-40,42-44H2,1-5H3/p+1/b16-14+,22-20+,25-24+,29-27+,35-33+,41-38+/t45-/m1/s1. The minimum atomic E-state index is -4.31. The van der Waals surface area contributed by atoms with Gasteiger partial charge >= 0.3 is 13.8 Å². The number of hydrogen-bond acceptors (Lipinski definition) is 6. The fraction of sp³-hybridized carbons (Fsp3) is 0.717. The lowest BCUT2D eigenvalue weighted by Gasteiger charge is -2.24. The molecule has 0 aromatic rings. The van der Waals surface area contributed by atoms with Gasteiger partial charge < -0.3 is 18.9 Å². The molecule has 1 unspecified atom stereocenters. The van der Waals surface area contributed by atoms with E-state index in [1.54, 1.807) is 6.26 Å². The molecular weight excluding hydrogens is 709 g/mol. The number of phosphoric ester groups is 1. The Bertz CT molecular complexity index is 1110. The Labute approximate surface area is 338 Å². The predicted octanol–water partition coefficient (Wildman–Crippen LogP) is 13.1. The summed E-state index contributed by atoms with van der Waals surface area (Å²) in [5.41, 5.74) is 0. The third-order valence-electron chi connectivity index (χ3n) is 8.85. The summed E-state index contributed by atoms with van der Waals surface area (Å²) in [4.78, 5) is 22.8. The highest BCUT2D eigenvalue weighted by Gasteiger charge is 2.26. The summed E-state index contributed by atoms with van der Waals surface area (Å²) in [7, 11) is 1.58. The molecule has 0 radical (unpaired) electrons. The van der Waals surface area contributed by atoms with Crippen molar-refractivity contribution in [3.05, 3.63) is 73.1 Å². The van der Waals surface area contributed by atoms with E-state index in [4.69, 9.17) is 18.5 Å². The minimum Gasteiger partial charge on any atom is -0.498 e. The van der Waals surface area contributed by atoms with Gasteiger partial charge in [0.2, 0.25) is 0 Å². The second-order valence-corrected chi connectivity index (χ2v) is 16.9. The number of carbonyl (C=O) groups is 1.